The van der Waals surface area contributed by atoms with Gasteiger partial charge in [0.15, 0.2) is 11.4 Å². The molecule has 1 amide bonds. The molecule has 1 aliphatic rings. The molecule has 0 radical (unpaired) electrons. The normalized spacial score (nSPS) is 16.0. The van der Waals surface area contributed by atoms with Crippen molar-refractivity contribution in [2.24, 2.45) is 7.05 Å². The van der Waals surface area contributed by atoms with Gasteiger partial charge in [0, 0.05) is 38.3 Å². The highest BCUT2D eigenvalue weighted by atomic mass is 19.1. The first-order valence-electron chi connectivity index (χ1n) is 12.5. The predicted octanol–water partition coefficient (Wildman–Crippen LogP) is 4.40. The highest BCUT2D eigenvalue weighted by Gasteiger charge is 2.34. The molecule has 1 fully saturated rings. The summed E-state index contributed by atoms with van der Waals surface area (Å²) in [6.45, 7) is 2.32. The van der Waals surface area contributed by atoms with Gasteiger partial charge in [0.1, 0.15) is 17.5 Å². The second kappa shape index (κ2) is 10.4. The predicted molar refractivity (Wildman–Crippen MR) is 137 cm³/mol. The molecule has 1 N–H and O–H groups in total. The molecule has 39 heavy (non-hydrogen) atoms. The van der Waals surface area contributed by atoms with E-state index < -0.39 is 40.6 Å². The lowest BCUT2D eigenvalue weighted by Gasteiger charge is -2.26. The minimum absolute atomic E-state index is 0.00396. The molecule has 4 aromatic rings. The van der Waals surface area contributed by atoms with Crippen molar-refractivity contribution in [1.29, 1.82) is 0 Å². The molecule has 1 aliphatic heterocycles. The van der Waals surface area contributed by atoms with Crippen molar-refractivity contribution in [3.05, 3.63) is 99.4 Å². The monoisotopic (exact) mass is 537 g/mol. The number of benzene rings is 2. The van der Waals surface area contributed by atoms with E-state index in [1.165, 1.54) is 32.5 Å². The smallest absolute Gasteiger partial charge is 0.290 e. The van der Waals surface area contributed by atoms with Crippen LogP contribution in [0.3, 0.4) is 0 Å². The summed E-state index contributed by atoms with van der Waals surface area (Å²) in [6.07, 6.45) is 3.85. The second-order valence-electron chi connectivity index (χ2n) is 9.63. The molecule has 1 saturated heterocycles. The average Bonchev–Trinajstić information content (AvgIpc) is 3.55. The van der Waals surface area contributed by atoms with E-state index in [1.54, 1.807) is 32.3 Å². The van der Waals surface area contributed by atoms with Gasteiger partial charge in [-0.2, -0.15) is 10.1 Å². The average molecular weight is 538 g/mol. The van der Waals surface area contributed by atoms with E-state index in [9.17, 15) is 27.9 Å². The van der Waals surface area contributed by atoms with Crippen LogP contribution in [0.4, 0.5) is 13.2 Å². The number of carbonyl (C=O) groups is 1. The first kappa shape index (κ1) is 26.2. The minimum atomic E-state index is -0.932. The van der Waals surface area contributed by atoms with E-state index in [2.05, 4.69) is 10.1 Å². The maximum Gasteiger partial charge on any atom is 0.290 e. The van der Waals surface area contributed by atoms with Crippen LogP contribution in [-0.4, -0.2) is 48.3 Å². The molecule has 0 bridgehead atoms. The fraction of sp³-hybridized carbons (Fsp3) is 0.286. The number of aryl methyl sites for hydroxylation is 1. The third kappa shape index (κ3) is 5.04. The molecule has 0 spiro atoms. The number of rotatable bonds is 6. The zero-order valence-corrected chi connectivity index (χ0v) is 21.3. The standard InChI is InChI=1S/C28H26F3N5O3/c1-3-23(18-10-21(30)12-22(31)11-18)36-25(19-13-32-34(2)14-19)33-26(37)24(28(36)39)27(38)35-9-8-17(15-35)16-4-6-20(29)7-5-16/h4-7,10-14,17,23,39H,3,8-9,15H2,1-2H3/t17?,23-/m0/s1. The first-order valence-corrected chi connectivity index (χ1v) is 12.5. The summed E-state index contributed by atoms with van der Waals surface area (Å²) >= 11 is 0. The van der Waals surface area contributed by atoms with Crippen molar-refractivity contribution in [3.8, 4) is 17.3 Å². The van der Waals surface area contributed by atoms with Gasteiger partial charge >= 0.3 is 0 Å². The number of nitrogens with zero attached hydrogens (tertiary/aromatic N) is 5. The molecule has 5 rings (SSSR count). The van der Waals surface area contributed by atoms with Gasteiger partial charge in [-0.05, 0) is 48.2 Å². The molecule has 8 nitrogen and oxygen atoms in total. The molecule has 0 aliphatic carbocycles. The third-order valence-electron chi connectivity index (χ3n) is 7.06. The third-order valence-corrected chi connectivity index (χ3v) is 7.06. The zero-order chi connectivity index (χ0) is 27.8. The fourth-order valence-corrected chi connectivity index (χ4v) is 5.19. The van der Waals surface area contributed by atoms with Crippen LogP contribution in [0.5, 0.6) is 5.88 Å². The SMILES string of the molecule is CC[C@@H](c1cc(F)cc(F)c1)n1c(-c2cnn(C)c2)nc(=O)c(C(=O)N2CCC(c3ccc(F)cc3)C2)c1O. The lowest BCUT2D eigenvalue weighted by atomic mass is 9.98. The Morgan fingerprint density at radius 2 is 1.79 bits per heavy atom. The number of aromatic hydroxyl groups is 1. The summed E-state index contributed by atoms with van der Waals surface area (Å²) in [5, 5.41) is 15.6. The van der Waals surface area contributed by atoms with Gasteiger partial charge in [0.05, 0.1) is 17.8 Å². The van der Waals surface area contributed by atoms with Crippen LogP contribution >= 0.6 is 0 Å². The van der Waals surface area contributed by atoms with Crippen LogP contribution in [-0.2, 0) is 7.05 Å². The van der Waals surface area contributed by atoms with E-state index in [-0.39, 0.29) is 36.1 Å². The fourth-order valence-electron chi connectivity index (χ4n) is 5.19. The van der Waals surface area contributed by atoms with Gasteiger partial charge in [-0.1, -0.05) is 19.1 Å². The lowest BCUT2D eigenvalue weighted by molar-refractivity contribution is 0.0783. The maximum atomic E-state index is 14.2. The van der Waals surface area contributed by atoms with Gasteiger partial charge in [-0.25, -0.2) is 13.2 Å². The Bertz CT molecular complexity index is 1580. The van der Waals surface area contributed by atoms with Gasteiger partial charge in [-0.15, -0.1) is 0 Å². The van der Waals surface area contributed by atoms with Crippen molar-refractivity contribution < 1.29 is 23.1 Å². The van der Waals surface area contributed by atoms with Crippen LogP contribution in [0.25, 0.3) is 11.4 Å². The number of carbonyl (C=O) groups excluding carboxylic acids is 1. The van der Waals surface area contributed by atoms with Crippen LogP contribution in [0.15, 0.2) is 59.7 Å². The molecule has 3 heterocycles. The largest absolute Gasteiger partial charge is 0.494 e. The minimum Gasteiger partial charge on any atom is -0.494 e. The number of amides is 1. The Morgan fingerprint density at radius 1 is 1.10 bits per heavy atom. The molecule has 2 aromatic heterocycles. The Labute approximate surface area is 222 Å². The summed E-state index contributed by atoms with van der Waals surface area (Å²) in [5.41, 5.74) is -0.0398. The maximum absolute atomic E-state index is 14.2. The molecule has 0 saturated carbocycles. The summed E-state index contributed by atoms with van der Waals surface area (Å²) in [7, 11) is 1.66. The molecular weight excluding hydrogens is 511 g/mol. The van der Waals surface area contributed by atoms with E-state index in [0.717, 1.165) is 23.8 Å². The topological polar surface area (TPSA) is 93.2 Å². The van der Waals surface area contributed by atoms with Gasteiger partial charge < -0.3 is 10.0 Å². The highest BCUT2D eigenvalue weighted by molar-refractivity contribution is 5.96. The van der Waals surface area contributed by atoms with E-state index in [4.69, 9.17) is 0 Å². The quantitative estimate of drug-likeness (QED) is 0.394. The zero-order valence-electron chi connectivity index (χ0n) is 21.3. The Kier molecular flexibility index (Phi) is 6.98. The van der Waals surface area contributed by atoms with Crippen LogP contribution in [0.2, 0.25) is 0 Å². The second-order valence-corrected chi connectivity index (χ2v) is 9.63. The van der Waals surface area contributed by atoms with Gasteiger partial charge in [0.25, 0.3) is 11.5 Å². The van der Waals surface area contributed by atoms with E-state index in [0.29, 0.717) is 18.5 Å². The Balaban J connectivity index is 1.60. The molecule has 1 unspecified atom stereocenters. The summed E-state index contributed by atoms with van der Waals surface area (Å²) in [6, 6.07) is 8.17. The lowest BCUT2D eigenvalue weighted by Crippen LogP contribution is -2.35. The van der Waals surface area contributed by atoms with Crippen molar-refractivity contribution in [1.82, 2.24) is 24.2 Å². The molecule has 11 heteroatoms. The number of likely N-dealkylation sites (tertiary alicyclic amines) is 1. The number of hydrogen-bond donors (Lipinski definition) is 1. The molecule has 202 valence electrons. The van der Waals surface area contributed by atoms with Crippen LogP contribution < -0.4 is 5.56 Å². The number of hydrogen-bond acceptors (Lipinski definition) is 5. The van der Waals surface area contributed by atoms with Crippen molar-refractivity contribution >= 4 is 5.91 Å². The number of aromatic nitrogens is 4. The Morgan fingerprint density at radius 3 is 2.41 bits per heavy atom. The number of halogens is 3. The van der Waals surface area contributed by atoms with Crippen molar-refractivity contribution in [2.45, 2.75) is 31.7 Å². The van der Waals surface area contributed by atoms with Crippen molar-refractivity contribution in [2.75, 3.05) is 13.1 Å². The van der Waals surface area contributed by atoms with E-state index in [1.807, 2.05) is 0 Å². The first-order chi connectivity index (χ1) is 18.7. The summed E-state index contributed by atoms with van der Waals surface area (Å²) in [4.78, 5) is 32.4. The summed E-state index contributed by atoms with van der Waals surface area (Å²) in [5.74, 6) is -3.40. The van der Waals surface area contributed by atoms with Gasteiger partial charge in [0.2, 0.25) is 5.88 Å². The molecule has 2 atom stereocenters. The van der Waals surface area contributed by atoms with Gasteiger partial charge in [-0.3, -0.25) is 18.8 Å². The molecule has 2 aromatic carbocycles. The highest BCUT2D eigenvalue weighted by Crippen LogP contribution is 2.35. The summed E-state index contributed by atoms with van der Waals surface area (Å²) < 4.78 is 44.4. The van der Waals surface area contributed by atoms with E-state index >= 15 is 0 Å². The Hall–Kier alpha value is -4.41. The van der Waals surface area contributed by atoms with Crippen LogP contribution in [0.1, 0.15) is 53.2 Å². The van der Waals surface area contributed by atoms with Crippen LogP contribution in [0, 0.1) is 17.5 Å². The van der Waals surface area contributed by atoms with Crippen molar-refractivity contribution in [3.63, 3.8) is 0 Å². The molecular formula is C28H26F3N5O3.